The minimum atomic E-state index is -0.439. The molecule has 0 radical (unpaired) electrons. The van der Waals surface area contributed by atoms with Gasteiger partial charge in [0.1, 0.15) is 0 Å². The van der Waals surface area contributed by atoms with Gasteiger partial charge in [-0.1, -0.05) is 29.8 Å². The second-order valence-electron chi connectivity index (χ2n) is 7.62. The third-order valence-corrected chi connectivity index (χ3v) is 7.60. The van der Waals surface area contributed by atoms with Crippen LogP contribution in [0.15, 0.2) is 24.3 Å². The van der Waals surface area contributed by atoms with E-state index in [1.165, 1.54) is 17.5 Å². The Morgan fingerprint density at radius 1 is 0.944 bits per heavy atom. The van der Waals surface area contributed by atoms with Crippen molar-refractivity contribution in [2.75, 3.05) is 0 Å². The molecule has 0 amide bonds. The van der Waals surface area contributed by atoms with Gasteiger partial charge in [-0.15, -0.1) is 0 Å². The summed E-state index contributed by atoms with van der Waals surface area (Å²) in [7, 11) is 0. The van der Waals surface area contributed by atoms with E-state index in [9.17, 15) is 5.11 Å². The molecule has 8 atom stereocenters. The summed E-state index contributed by atoms with van der Waals surface area (Å²) < 4.78 is 0. The maximum Gasteiger partial charge on any atom is 0.0963 e. The van der Waals surface area contributed by atoms with Crippen molar-refractivity contribution in [3.63, 3.8) is 0 Å². The lowest BCUT2D eigenvalue weighted by Gasteiger charge is -2.58. The van der Waals surface area contributed by atoms with Gasteiger partial charge in [0, 0.05) is 0 Å². The number of hydrogen-bond acceptors (Lipinski definition) is 1. The van der Waals surface area contributed by atoms with Gasteiger partial charge in [0.2, 0.25) is 0 Å². The molecule has 6 fully saturated rings. The largest absolute Gasteiger partial charge is 0.385 e. The van der Waals surface area contributed by atoms with Gasteiger partial charge in [0.15, 0.2) is 0 Å². The summed E-state index contributed by atoms with van der Waals surface area (Å²) in [5.74, 6) is 6.91. The molecule has 6 saturated carbocycles. The van der Waals surface area contributed by atoms with Crippen LogP contribution in [0.4, 0.5) is 0 Å². The van der Waals surface area contributed by atoms with E-state index in [2.05, 4.69) is 31.2 Å². The van der Waals surface area contributed by atoms with Gasteiger partial charge in [-0.25, -0.2) is 0 Å². The van der Waals surface area contributed by atoms with Crippen LogP contribution < -0.4 is 0 Å². The van der Waals surface area contributed by atoms with Gasteiger partial charge in [-0.2, -0.15) is 0 Å². The third-order valence-electron chi connectivity index (χ3n) is 7.60. The Balaban J connectivity index is 1.54. The zero-order valence-electron chi connectivity index (χ0n) is 10.6. The molecule has 1 heteroatoms. The fraction of sp³-hybridized carbons (Fsp3) is 0.647. The Kier molecular flexibility index (Phi) is 1.17. The number of hydrogen-bond donors (Lipinski definition) is 1. The van der Waals surface area contributed by atoms with Crippen molar-refractivity contribution in [1.82, 2.24) is 0 Å². The van der Waals surface area contributed by atoms with Gasteiger partial charge < -0.3 is 5.11 Å². The number of rotatable bonds is 1. The topological polar surface area (TPSA) is 20.2 Å². The molecule has 7 rings (SSSR count). The lowest BCUT2D eigenvalue weighted by Crippen LogP contribution is -2.56. The predicted octanol–water partition coefficient (Wildman–Crippen LogP) is 2.57. The average Bonchev–Trinajstić information content (AvgIpc) is 2.86. The smallest absolute Gasteiger partial charge is 0.0963 e. The molecule has 6 aliphatic carbocycles. The molecule has 0 saturated heterocycles. The molecule has 0 aromatic heterocycles. The van der Waals surface area contributed by atoms with Crippen molar-refractivity contribution in [2.45, 2.75) is 18.9 Å². The standard InChI is InChI=1S/C17H18O/c1-7-2-4-8(5-3-7)17(18)15-11-9-6-10-13(11)16(17)14(10)12(9)15/h2-5,9-16,18H,6H2,1H3/t9?,10?,11-,12+,13+,14-,15?,16?,17?. The van der Waals surface area contributed by atoms with Gasteiger partial charge >= 0.3 is 0 Å². The first-order valence-corrected chi connectivity index (χ1v) is 7.52. The zero-order valence-corrected chi connectivity index (χ0v) is 10.6. The highest BCUT2D eigenvalue weighted by atomic mass is 16.3. The normalized spacial score (nSPS) is 64.1. The van der Waals surface area contributed by atoms with E-state index in [1.807, 2.05) is 0 Å². The van der Waals surface area contributed by atoms with E-state index in [-0.39, 0.29) is 0 Å². The second-order valence-corrected chi connectivity index (χ2v) is 7.62. The van der Waals surface area contributed by atoms with Crippen LogP contribution in [0, 0.1) is 54.3 Å². The lowest BCUT2D eigenvalue weighted by molar-refractivity contribution is -0.127. The van der Waals surface area contributed by atoms with Crippen LogP contribution in [0.5, 0.6) is 0 Å². The van der Waals surface area contributed by atoms with Crippen molar-refractivity contribution in [3.8, 4) is 0 Å². The Bertz CT molecular complexity index is 528. The molecule has 6 aliphatic rings. The van der Waals surface area contributed by atoms with Crippen molar-refractivity contribution < 1.29 is 5.11 Å². The summed E-state index contributed by atoms with van der Waals surface area (Å²) in [6, 6.07) is 8.72. The van der Waals surface area contributed by atoms with Crippen LogP contribution in [0.3, 0.4) is 0 Å². The molecule has 1 nitrogen and oxygen atoms in total. The number of aliphatic hydroxyl groups is 1. The summed E-state index contributed by atoms with van der Waals surface area (Å²) in [6.45, 7) is 2.13. The fourth-order valence-corrected chi connectivity index (χ4v) is 7.44. The number of benzene rings is 1. The van der Waals surface area contributed by atoms with Crippen molar-refractivity contribution in [2.24, 2.45) is 47.3 Å². The van der Waals surface area contributed by atoms with E-state index in [4.69, 9.17) is 0 Å². The monoisotopic (exact) mass is 238 g/mol. The first-order chi connectivity index (χ1) is 8.73. The quantitative estimate of drug-likeness (QED) is 0.797. The molecular weight excluding hydrogens is 220 g/mol. The van der Waals surface area contributed by atoms with Gasteiger partial charge in [0.25, 0.3) is 0 Å². The molecule has 4 bridgehead atoms. The van der Waals surface area contributed by atoms with E-state index >= 15 is 0 Å². The van der Waals surface area contributed by atoms with Crippen LogP contribution in [-0.2, 0) is 5.60 Å². The summed E-state index contributed by atoms with van der Waals surface area (Å²) in [4.78, 5) is 0. The Morgan fingerprint density at radius 3 is 1.94 bits per heavy atom. The summed E-state index contributed by atoms with van der Waals surface area (Å²) in [5.41, 5.74) is 2.08. The first-order valence-electron chi connectivity index (χ1n) is 7.52. The molecule has 92 valence electrons. The first kappa shape index (κ1) is 9.14. The number of aryl methyl sites for hydroxylation is 1. The molecule has 1 N–H and O–H groups in total. The van der Waals surface area contributed by atoms with Crippen molar-refractivity contribution >= 4 is 0 Å². The van der Waals surface area contributed by atoms with Crippen molar-refractivity contribution in [1.29, 1.82) is 0 Å². The Hall–Kier alpha value is -0.820. The van der Waals surface area contributed by atoms with E-state index < -0.39 is 5.60 Å². The molecule has 0 aliphatic heterocycles. The molecular formula is C17H18O. The molecule has 18 heavy (non-hydrogen) atoms. The molecule has 0 spiro atoms. The zero-order chi connectivity index (χ0) is 11.8. The Morgan fingerprint density at radius 2 is 1.44 bits per heavy atom. The van der Waals surface area contributed by atoms with Crippen molar-refractivity contribution in [3.05, 3.63) is 35.4 Å². The summed E-state index contributed by atoms with van der Waals surface area (Å²) in [6.07, 6.45) is 1.52. The highest BCUT2D eigenvalue weighted by Crippen LogP contribution is 2.92. The minimum Gasteiger partial charge on any atom is -0.385 e. The minimum absolute atomic E-state index is 0.439. The van der Waals surface area contributed by atoms with Crippen LogP contribution >= 0.6 is 0 Å². The maximum absolute atomic E-state index is 11.4. The molecule has 1 aromatic carbocycles. The predicted molar refractivity (Wildman–Crippen MR) is 67.6 cm³/mol. The Labute approximate surface area is 107 Å². The molecule has 4 unspecified atom stereocenters. The van der Waals surface area contributed by atoms with Crippen LogP contribution in [0.25, 0.3) is 0 Å². The summed E-state index contributed by atoms with van der Waals surface area (Å²) in [5, 5.41) is 11.4. The molecule has 1 aromatic rings. The van der Waals surface area contributed by atoms with Gasteiger partial charge in [-0.3, -0.25) is 0 Å². The fourth-order valence-electron chi connectivity index (χ4n) is 7.44. The molecule has 0 heterocycles. The average molecular weight is 238 g/mol. The van der Waals surface area contributed by atoms with Gasteiger partial charge in [-0.05, 0) is 66.3 Å². The SMILES string of the molecule is Cc1ccc(C2(O)C3[C@H]4C5CC6[C@H](C2[C@H]64)[C@@H]53)cc1. The highest BCUT2D eigenvalue weighted by molar-refractivity contribution is 5.43. The van der Waals surface area contributed by atoms with Gasteiger partial charge in [0.05, 0.1) is 5.60 Å². The lowest BCUT2D eigenvalue weighted by atomic mass is 9.45. The third kappa shape index (κ3) is 0.602. The van der Waals surface area contributed by atoms with Crippen LogP contribution in [-0.4, -0.2) is 5.11 Å². The van der Waals surface area contributed by atoms with E-state index in [0.29, 0.717) is 11.8 Å². The second kappa shape index (κ2) is 2.31. The highest BCUT2D eigenvalue weighted by Gasteiger charge is 2.90. The van der Waals surface area contributed by atoms with Crippen LogP contribution in [0.1, 0.15) is 17.5 Å². The van der Waals surface area contributed by atoms with E-state index in [0.717, 1.165) is 35.5 Å². The maximum atomic E-state index is 11.4. The summed E-state index contributed by atoms with van der Waals surface area (Å²) >= 11 is 0. The van der Waals surface area contributed by atoms with Crippen LogP contribution in [0.2, 0.25) is 0 Å². The van der Waals surface area contributed by atoms with E-state index in [1.54, 1.807) is 0 Å².